The molecule has 1 heterocycles. The summed E-state index contributed by atoms with van der Waals surface area (Å²) in [5.74, 6) is 1.02. The number of ether oxygens (including phenoxy) is 1. The highest BCUT2D eigenvalue weighted by Gasteiger charge is 2.25. The molecule has 0 saturated heterocycles. The van der Waals surface area contributed by atoms with Gasteiger partial charge in [0.2, 0.25) is 0 Å². The molecule has 1 aromatic carbocycles. The van der Waals surface area contributed by atoms with Gasteiger partial charge in [-0.25, -0.2) is 0 Å². The van der Waals surface area contributed by atoms with Gasteiger partial charge in [-0.1, -0.05) is 19.3 Å². The van der Waals surface area contributed by atoms with Crippen LogP contribution in [0.5, 0.6) is 5.75 Å². The number of nitriles is 1. The van der Waals surface area contributed by atoms with Crippen LogP contribution in [0.15, 0.2) is 18.2 Å². The fourth-order valence-electron chi connectivity index (χ4n) is 3.28. The summed E-state index contributed by atoms with van der Waals surface area (Å²) in [6.45, 7) is 0.684. The lowest BCUT2D eigenvalue weighted by Gasteiger charge is -2.26. The fourth-order valence-corrected chi connectivity index (χ4v) is 3.28. The van der Waals surface area contributed by atoms with E-state index in [9.17, 15) is 10.1 Å². The van der Waals surface area contributed by atoms with Gasteiger partial charge in [0.25, 0.3) is 5.91 Å². The number of nitrogens with zero attached hydrogens (tertiary/aromatic N) is 1. The van der Waals surface area contributed by atoms with Gasteiger partial charge in [0.05, 0.1) is 12.7 Å². The van der Waals surface area contributed by atoms with Gasteiger partial charge in [-0.3, -0.25) is 4.79 Å². The second kappa shape index (κ2) is 6.17. The van der Waals surface area contributed by atoms with Crippen LogP contribution in [-0.4, -0.2) is 18.6 Å². The molecule has 1 aliphatic heterocycles. The van der Waals surface area contributed by atoms with Crippen molar-refractivity contribution in [2.45, 2.75) is 44.6 Å². The summed E-state index contributed by atoms with van der Waals surface area (Å²) < 4.78 is 5.45. The quantitative estimate of drug-likeness (QED) is 0.928. The molecule has 1 fully saturated rings. The maximum atomic E-state index is 12.4. The molecule has 1 amide bonds. The summed E-state index contributed by atoms with van der Waals surface area (Å²) in [6, 6.07) is 7.40. The Morgan fingerprint density at radius 3 is 2.90 bits per heavy atom. The number of hydrogen-bond acceptors (Lipinski definition) is 3. The van der Waals surface area contributed by atoms with Crippen LogP contribution in [0.25, 0.3) is 0 Å². The number of benzene rings is 1. The SMILES string of the molecule is N#CC(NC(=O)c1ccc2c(c1)CCO2)C1CCCCC1. The standard InChI is InChI=1S/C17H20N2O2/c18-11-15(12-4-2-1-3-5-12)19-17(20)14-6-7-16-13(10-14)8-9-21-16/h6-7,10,12,15H,1-5,8-9H2,(H,19,20). The van der Waals surface area contributed by atoms with Gasteiger partial charge in [-0.05, 0) is 42.5 Å². The van der Waals surface area contributed by atoms with E-state index in [1.54, 1.807) is 6.07 Å². The third-order valence-electron chi connectivity index (χ3n) is 4.50. The molecule has 3 rings (SSSR count). The van der Waals surface area contributed by atoms with E-state index >= 15 is 0 Å². The molecule has 4 heteroatoms. The average Bonchev–Trinajstić information content (AvgIpc) is 3.00. The van der Waals surface area contributed by atoms with Gasteiger partial charge < -0.3 is 10.1 Å². The second-order valence-electron chi connectivity index (χ2n) is 5.90. The molecule has 1 saturated carbocycles. The van der Waals surface area contributed by atoms with E-state index < -0.39 is 0 Å². The summed E-state index contributed by atoms with van der Waals surface area (Å²) in [5.41, 5.74) is 1.70. The summed E-state index contributed by atoms with van der Waals surface area (Å²) in [5, 5.41) is 12.2. The molecule has 0 radical (unpaired) electrons. The third kappa shape index (κ3) is 3.02. The number of hydrogen-bond donors (Lipinski definition) is 1. The van der Waals surface area contributed by atoms with Crippen LogP contribution in [0.4, 0.5) is 0 Å². The van der Waals surface area contributed by atoms with Gasteiger partial charge in [0.15, 0.2) is 0 Å². The Morgan fingerprint density at radius 2 is 2.14 bits per heavy atom. The van der Waals surface area contributed by atoms with Crippen molar-refractivity contribution in [2.24, 2.45) is 5.92 Å². The molecule has 2 aliphatic rings. The van der Waals surface area contributed by atoms with E-state index in [0.717, 1.165) is 43.4 Å². The largest absolute Gasteiger partial charge is 0.493 e. The maximum Gasteiger partial charge on any atom is 0.252 e. The summed E-state index contributed by atoms with van der Waals surface area (Å²) in [4.78, 5) is 12.4. The molecular formula is C17H20N2O2. The number of carbonyl (C=O) groups is 1. The van der Waals surface area contributed by atoms with Crippen molar-refractivity contribution in [1.82, 2.24) is 5.32 Å². The van der Waals surface area contributed by atoms with Crippen molar-refractivity contribution in [1.29, 1.82) is 5.26 Å². The molecule has 21 heavy (non-hydrogen) atoms. The van der Waals surface area contributed by atoms with Crippen molar-refractivity contribution >= 4 is 5.91 Å². The summed E-state index contributed by atoms with van der Waals surface area (Å²) >= 11 is 0. The number of carbonyl (C=O) groups excluding carboxylic acids is 1. The topological polar surface area (TPSA) is 62.1 Å². The predicted molar refractivity (Wildman–Crippen MR) is 79.1 cm³/mol. The number of nitrogens with one attached hydrogen (secondary N) is 1. The summed E-state index contributed by atoms with van der Waals surface area (Å²) in [7, 11) is 0. The van der Waals surface area contributed by atoms with E-state index in [4.69, 9.17) is 4.74 Å². The van der Waals surface area contributed by atoms with Gasteiger partial charge in [0.1, 0.15) is 11.8 Å². The Morgan fingerprint density at radius 1 is 1.33 bits per heavy atom. The Kier molecular flexibility index (Phi) is 4.10. The first-order valence-electron chi connectivity index (χ1n) is 7.74. The van der Waals surface area contributed by atoms with E-state index in [2.05, 4.69) is 11.4 Å². The first-order valence-corrected chi connectivity index (χ1v) is 7.74. The van der Waals surface area contributed by atoms with E-state index in [-0.39, 0.29) is 11.9 Å². The van der Waals surface area contributed by atoms with Crippen LogP contribution in [0.2, 0.25) is 0 Å². The molecule has 1 unspecified atom stereocenters. The van der Waals surface area contributed by atoms with Crippen molar-refractivity contribution in [3.05, 3.63) is 29.3 Å². The molecule has 0 aromatic heterocycles. The number of fused-ring (bicyclic) bond motifs is 1. The first kappa shape index (κ1) is 13.9. The highest BCUT2D eigenvalue weighted by molar-refractivity contribution is 5.95. The monoisotopic (exact) mass is 284 g/mol. The molecule has 110 valence electrons. The van der Waals surface area contributed by atoms with Crippen molar-refractivity contribution < 1.29 is 9.53 Å². The smallest absolute Gasteiger partial charge is 0.252 e. The van der Waals surface area contributed by atoms with Crippen LogP contribution in [0.3, 0.4) is 0 Å². The lowest BCUT2D eigenvalue weighted by atomic mass is 9.84. The minimum atomic E-state index is -0.373. The van der Waals surface area contributed by atoms with E-state index in [1.165, 1.54) is 6.42 Å². The zero-order valence-electron chi connectivity index (χ0n) is 12.1. The molecule has 0 bridgehead atoms. The van der Waals surface area contributed by atoms with Crippen LogP contribution < -0.4 is 10.1 Å². The lowest BCUT2D eigenvalue weighted by Crippen LogP contribution is -2.40. The Labute approximate surface area is 125 Å². The highest BCUT2D eigenvalue weighted by atomic mass is 16.5. The predicted octanol–water partition coefficient (Wildman–Crippen LogP) is 2.82. The summed E-state index contributed by atoms with van der Waals surface area (Å²) in [6.07, 6.45) is 6.49. The van der Waals surface area contributed by atoms with Gasteiger partial charge in [-0.15, -0.1) is 0 Å². The Bertz CT molecular complexity index is 571. The molecular weight excluding hydrogens is 264 g/mol. The second-order valence-corrected chi connectivity index (χ2v) is 5.90. The van der Waals surface area contributed by atoms with E-state index in [0.29, 0.717) is 18.1 Å². The zero-order chi connectivity index (χ0) is 14.7. The molecule has 0 spiro atoms. The molecule has 1 N–H and O–H groups in total. The van der Waals surface area contributed by atoms with Crippen LogP contribution in [-0.2, 0) is 6.42 Å². The molecule has 4 nitrogen and oxygen atoms in total. The Balaban J connectivity index is 1.68. The molecule has 1 aromatic rings. The number of amides is 1. The maximum absolute atomic E-state index is 12.4. The average molecular weight is 284 g/mol. The van der Waals surface area contributed by atoms with Crippen molar-refractivity contribution in [3.63, 3.8) is 0 Å². The fraction of sp³-hybridized carbons (Fsp3) is 0.529. The van der Waals surface area contributed by atoms with Crippen molar-refractivity contribution in [2.75, 3.05) is 6.61 Å². The highest BCUT2D eigenvalue weighted by Crippen LogP contribution is 2.28. The normalized spacial score (nSPS) is 19.2. The minimum Gasteiger partial charge on any atom is -0.493 e. The first-order chi connectivity index (χ1) is 10.3. The van der Waals surface area contributed by atoms with E-state index in [1.807, 2.05) is 12.1 Å². The minimum absolute atomic E-state index is 0.151. The van der Waals surface area contributed by atoms with Crippen LogP contribution in [0.1, 0.15) is 48.0 Å². The Hall–Kier alpha value is -2.02. The van der Waals surface area contributed by atoms with Gasteiger partial charge >= 0.3 is 0 Å². The third-order valence-corrected chi connectivity index (χ3v) is 4.50. The molecule has 1 atom stereocenters. The lowest BCUT2D eigenvalue weighted by molar-refractivity contribution is 0.0929. The van der Waals surface area contributed by atoms with Crippen LogP contribution >= 0.6 is 0 Å². The molecule has 1 aliphatic carbocycles. The zero-order valence-corrected chi connectivity index (χ0v) is 12.1. The number of rotatable bonds is 3. The van der Waals surface area contributed by atoms with Crippen molar-refractivity contribution in [3.8, 4) is 11.8 Å². The van der Waals surface area contributed by atoms with Gasteiger partial charge in [-0.2, -0.15) is 5.26 Å². The van der Waals surface area contributed by atoms with Crippen LogP contribution in [0, 0.1) is 17.2 Å². The van der Waals surface area contributed by atoms with Gasteiger partial charge in [0, 0.05) is 12.0 Å².